The van der Waals surface area contributed by atoms with Crippen LogP contribution in [-0.2, 0) is 17.8 Å². The number of esters is 1. The lowest BCUT2D eigenvalue weighted by Crippen LogP contribution is -2.12. The highest BCUT2D eigenvalue weighted by Gasteiger charge is 2.17. The van der Waals surface area contributed by atoms with E-state index in [2.05, 4.69) is 15.3 Å². The second-order valence-electron chi connectivity index (χ2n) is 4.13. The van der Waals surface area contributed by atoms with Gasteiger partial charge in [0.2, 0.25) is 0 Å². The van der Waals surface area contributed by atoms with Crippen LogP contribution in [0.25, 0.3) is 0 Å². The molecule has 0 amide bonds. The molecule has 0 bridgehead atoms. The van der Waals surface area contributed by atoms with Crippen LogP contribution >= 0.6 is 0 Å². The molecule has 0 fully saturated rings. The molecule has 0 aliphatic heterocycles. The van der Waals surface area contributed by atoms with Gasteiger partial charge in [-0.1, -0.05) is 5.21 Å². The fourth-order valence-electron chi connectivity index (χ4n) is 1.80. The molecular weight excluding hydrogens is 246 g/mol. The lowest BCUT2D eigenvalue weighted by Gasteiger charge is -2.06. The molecular formula is C12H17N5O2. The van der Waals surface area contributed by atoms with E-state index in [0.29, 0.717) is 13.2 Å². The molecule has 102 valence electrons. The van der Waals surface area contributed by atoms with Gasteiger partial charge in [-0.05, 0) is 20.8 Å². The van der Waals surface area contributed by atoms with Crippen LogP contribution in [0.5, 0.6) is 0 Å². The van der Waals surface area contributed by atoms with E-state index in [4.69, 9.17) is 4.74 Å². The number of aryl methyl sites for hydroxylation is 3. The van der Waals surface area contributed by atoms with Crippen LogP contribution < -0.4 is 0 Å². The van der Waals surface area contributed by atoms with Crippen molar-refractivity contribution in [3.8, 4) is 0 Å². The third kappa shape index (κ3) is 2.81. The first-order chi connectivity index (χ1) is 9.13. The standard InChI is InChI=1S/C12H17N5O2/c1-4-19-12(18)11-9(2)17(15-14-11)8-7-16-6-5-13-10(16)3/h5-6H,4,7-8H2,1-3H3. The van der Waals surface area contributed by atoms with Crippen LogP contribution in [-0.4, -0.2) is 37.1 Å². The van der Waals surface area contributed by atoms with Crippen molar-refractivity contribution >= 4 is 5.97 Å². The minimum absolute atomic E-state index is 0.282. The minimum atomic E-state index is -0.426. The molecule has 0 aromatic carbocycles. The quantitative estimate of drug-likeness (QED) is 0.751. The largest absolute Gasteiger partial charge is 0.461 e. The Balaban J connectivity index is 2.06. The number of aromatic nitrogens is 5. The van der Waals surface area contributed by atoms with Crippen molar-refractivity contribution in [1.82, 2.24) is 24.5 Å². The van der Waals surface area contributed by atoms with Crippen LogP contribution in [0, 0.1) is 13.8 Å². The monoisotopic (exact) mass is 263 g/mol. The van der Waals surface area contributed by atoms with Gasteiger partial charge in [0, 0.05) is 18.9 Å². The highest BCUT2D eigenvalue weighted by Crippen LogP contribution is 2.06. The van der Waals surface area contributed by atoms with Crippen molar-refractivity contribution in [3.63, 3.8) is 0 Å². The van der Waals surface area contributed by atoms with E-state index in [1.807, 2.05) is 24.6 Å². The fourth-order valence-corrected chi connectivity index (χ4v) is 1.80. The Kier molecular flexibility index (Phi) is 3.94. The lowest BCUT2D eigenvalue weighted by atomic mass is 10.3. The van der Waals surface area contributed by atoms with E-state index >= 15 is 0 Å². The Hall–Kier alpha value is -2.18. The zero-order chi connectivity index (χ0) is 13.8. The summed E-state index contributed by atoms with van der Waals surface area (Å²) in [5.41, 5.74) is 1.00. The lowest BCUT2D eigenvalue weighted by molar-refractivity contribution is 0.0518. The molecule has 0 radical (unpaired) electrons. The Morgan fingerprint density at radius 1 is 1.37 bits per heavy atom. The average Bonchev–Trinajstić information content (AvgIpc) is 2.94. The van der Waals surface area contributed by atoms with Gasteiger partial charge in [-0.15, -0.1) is 5.10 Å². The first kappa shape index (κ1) is 13.3. The molecule has 0 N–H and O–H groups in total. The summed E-state index contributed by atoms with van der Waals surface area (Å²) in [7, 11) is 0. The number of hydrogen-bond acceptors (Lipinski definition) is 5. The number of carbonyl (C=O) groups excluding carboxylic acids is 1. The fraction of sp³-hybridized carbons (Fsp3) is 0.500. The van der Waals surface area contributed by atoms with Crippen molar-refractivity contribution in [2.45, 2.75) is 33.9 Å². The molecule has 0 spiro atoms. The molecule has 0 aliphatic rings. The SMILES string of the molecule is CCOC(=O)c1nnn(CCn2ccnc2C)c1C. The van der Waals surface area contributed by atoms with Crippen molar-refractivity contribution in [1.29, 1.82) is 0 Å². The first-order valence-corrected chi connectivity index (χ1v) is 6.18. The van der Waals surface area contributed by atoms with E-state index in [9.17, 15) is 4.79 Å². The smallest absolute Gasteiger partial charge is 0.360 e. The summed E-state index contributed by atoms with van der Waals surface area (Å²) in [4.78, 5) is 15.8. The van der Waals surface area contributed by atoms with E-state index in [-0.39, 0.29) is 5.69 Å². The van der Waals surface area contributed by atoms with Crippen LogP contribution in [0.15, 0.2) is 12.4 Å². The second kappa shape index (κ2) is 5.64. The molecule has 0 saturated carbocycles. The highest BCUT2D eigenvalue weighted by atomic mass is 16.5. The van der Waals surface area contributed by atoms with Gasteiger partial charge >= 0.3 is 5.97 Å². The van der Waals surface area contributed by atoms with Crippen LogP contribution in [0.3, 0.4) is 0 Å². The molecule has 7 heteroatoms. The van der Waals surface area contributed by atoms with E-state index in [1.54, 1.807) is 17.8 Å². The maximum absolute atomic E-state index is 11.6. The molecule has 0 saturated heterocycles. The molecule has 19 heavy (non-hydrogen) atoms. The number of carbonyl (C=O) groups is 1. The number of rotatable bonds is 5. The topological polar surface area (TPSA) is 74.8 Å². The van der Waals surface area contributed by atoms with E-state index in [1.165, 1.54) is 0 Å². The van der Waals surface area contributed by atoms with Crippen molar-refractivity contribution < 1.29 is 9.53 Å². The van der Waals surface area contributed by atoms with Crippen molar-refractivity contribution in [2.75, 3.05) is 6.61 Å². The Labute approximate surface area is 111 Å². The van der Waals surface area contributed by atoms with Crippen LogP contribution in [0.4, 0.5) is 0 Å². The summed E-state index contributed by atoms with van der Waals surface area (Å²) in [6, 6.07) is 0. The molecule has 0 aliphatic carbocycles. The Morgan fingerprint density at radius 3 is 2.79 bits per heavy atom. The van der Waals surface area contributed by atoms with Gasteiger partial charge in [-0.2, -0.15) is 0 Å². The molecule has 0 unspecified atom stereocenters. The molecule has 2 aromatic rings. The van der Waals surface area contributed by atoms with Crippen molar-refractivity contribution in [2.24, 2.45) is 0 Å². The maximum atomic E-state index is 11.6. The third-order valence-electron chi connectivity index (χ3n) is 2.93. The maximum Gasteiger partial charge on any atom is 0.360 e. The number of hydrogen-bond donors (Lipinski definition) is 0. The van der Waals surface area contributed by atoms with Crippen molar-refractivity contribution in [3.05, 3.63) is 29.6 Å². The molecule has 2 rings (SSSR count). The van der Waals surface area contributed by atoms with Crippen LogP contribution in [0.1, 0.15) is 28.9 Å². The highest BCUT2D eigenvalue weighted by molar-refractivity contribution is 5.88. The van der Waals surface area contributed by atoms with Gasteiger partial charge in [-0.25, -0.2) is 14.5 Å². The molecule has 0 atom stereocenters. The molecule has 7 nitrogen and oxygen atoms in total. The summed E-state index contributed by atoms with van der Waals surface area (Å²) < 4.78 is 8.64. The van der Waals surface area contributed by atoms with Gasteiger partial charge in [0.1, 0.15) is 5.82 Å². The van der Waals surface area contributed by atoms with Gasteiger partial charge < -0.3 is 9.30 Å². The second-order valence-corrected chi connectivity index (χ2v) is 4.13. The normalized spacial score (nSPS) is 10.7. The summed E-state index contributed by atoms with van der Waals surface area (Å²) >= 11 is 0. The van der Waals surface area contributed by atoms with E-state index < -0.39 is 5.97 Å². The molecule has 2 heterocycles. The van der Waals surface area contributed by atoms with Gasteiger partial charge in [0.25, 0.3) is 0 Å². The van der Waals surface area contributed by atoms with Crippen LogP contribution in [0.2, 0.25) is 0 Å². The predicted octanol–water partition coefficient (Wildman–Crippen LogP) is 0.968. The Morgan fingerprint density at radius 2 is 2.16 bits per heavy atom. The van der Waals surface area contributed by atoms with Gasteiger partial charge in [0.05, 0.1) is 18.8 Å². The predicted molar refractivity (Wildman–Crippen MR) is 67.7 cm³/mol. The number of imidazole rings is 1. The number of ether oxygens (including phenoxy) is 1. The summed E-state index contributed by atoms with van der Waals surface area (Å²) in [6.07, 6.45) is 3.67. The summed E-state index contributed by atoms with van der Waals surface area (Å²) in [6.45, 7) is 7.22. The summed E-state index contributed by atoms with van der Waals surface area (Å²) in [5.74, 6) is 0.522. The minimum Gasteiger partial charge on any atom is -0.461 e. The zero-order valence-electron chi connectivity index (χ0n) is 11.3. The zero-order valence-corrected chi connectivity index (χ0v) is 11.3. The van der Waals surface area contributed by atoms with E-state index in [0.717, 1.165) is 18.1 Å². The number of nitrogens with zero attached hydrogens (tertiary/aromatic N) is 5. The van der Waals surface area contributed by atoms with Gasteiger partial charge in [-0.3, -0.25) is 0 Å². The first-order valence-electron chi connectivity index (χ1n) is 6.18. The molecule has 2 aromatic heterocycles. The Bertz CT molecular complexity index is 572. The average molecular weight is 263 g/mol. The van der Waals surface area contributed by atoms with Gasteiger partial charge in [0.15, 0.2) is 5.69 Å². The summed E-state index contributed by atoms with van der Waals surface area (Å²) in [5, 5.41) is 7.85. The third-order valence-corrected chi connectivity index (χ3v) is 2.93.